The quantitative estimate of drug-likeness (QED) is 0.434. The molecule has 2 atom stereocenters. The van der Waals surface area contributed by atoms with Crippen LogP contribution in [0, 0.1) is 0 Å². The van der Waals surface area contributed by atoms with E-state index >= 15 is 0 Å². The molecule has 0 aliphatic carbocycles. The molecular weight excluding hydrogens is 430 g/mol. The number of rotatable bonds is 7. The minimum Gasteiger partial charge on any atom is -0.469 e. The van der Waals surface area contributed by atoms with Crippen molar-refractivity contribution in [2.75, 3.05) is 12.1 Å². The van der Waals surface area contributed by atoms with Crippen LogP contribution in [0.25, 0.3) is 0 Å². The minimum atomic E-state index is -2.14. The van der Waals surface area contributed by atoms with E-state index in [0.29, 0.717) is 12.4 Å². The highest BCUT2D eigenvalue weighted by atomic mass is 28.4. The summed E-state index contributed by atoms with van der Waals surface area (Å²) in [6.45, 7) is 22.1. The number of aromatic nitrogens is 2. The van der Waals surface area contributed by atoms with E-state index in [1.807, 2.05) is 11.6 Å². The van der Waals surface area contributed by atoms with Crippen molar-refractivity contribution in [2.45, 2.75) is 90.1 Å². The second-order valence-electron chi connectivity index (χ2n) is 11.1. The van der Waals surface area contributed by atoms with Crippen molar-refractivity contribution in [3.8, 4) is 0 Å². The zero-order chi connectivity index (χ0) is 23.8. The third-order valence-electron chi connectivity index (χ3n) is 6.74. The Labute approximate surface area is 187 Å². The Hall–Kier alpha value is -1.47. The van der Waals surface area contributed by atoms with Gasteiger partial charge in [-0.15, -0.1) is 0 Å². The molecule has 2 heterocycles. The number of nitrogens with zero attached hydrogens (tertiary/aromatic N) is 2. The predicted octanol–water partition coefficient (Wildman–Crippen LogP) is 4.87. The van der Waals surface area contributed by atoms with Crippen LogP contribution in [0.5, 0.6) is 0 Å². The van der Waals surface area contributed by atoms with E-state index in [9.17, 15) is 4.79 Å². The van der Waals surface area contributed by atoms with Crippen LogP contribution in [-0.2, 0) is 13.6 Å². The molecule has 0 radical (unpaired) electrons. The molecular formula is C21H39N3O5Si2. The Morgan fingerprint density at radius 3 is 2.19 bits per heavy atom. The van der Waals surface area contributed by atoms with Crippen molar-refractivity contribution in [3.63, 3.8) is 0 Å². The van der Waals surface area contributed by atoms with Gasteiger partial charge in [0.15, 0.2) is 22.5 Å². The smallest absolute Gasteiger partial charge is 0.352 e. The van der Waals surface area contributed by atoms with Gasteiger partial charge in [-0.2, -0.15) is 4.98 Å². The monoisotopic (exact) mass is 469 g/mol. The largest absolute Gasteiger partial charge is 0.469 e. The molecule has 1 aromatic heterocycles. The highest BCUT2D eigenvalue weighted by molar-refractivity contribution is 6.74. The van der Waals surface area contributed by atoms with Crippen LogP contribution < -0.4 is 11.2 Å². The standard InChI is InChI=1S/C21H39N3O5Si2/c1-20(2,3)30(7,8)27-14-15-13-16(29-31(9,10)21(4,5)6)18(28-15)24-12-11-17(23-26)22-19(24)25/h11-13,16,18,26H,14H2,1-10H3,(H,22,23,25)/t16-,18-/m1/s1. The van der Waals surface area contributed by atoms with Crippen LogP contribution in [0.2, 0.25) is 36.3 Å². The van der Waals surface area contributed by atoms with Gasteiger partial charge in [0.1, 0.15) is 11.9 Å². The summed E-state index contributed by atoms with van der Waals surface area (Å²) in [7, 11) is -4.11. The summed E-state index contributed by atoms with van der Waals surface area (Å²) in [4.78, 5) is 16.4. The molecule has 10 heteroatoms. The van der Waals surface area contributed by atoms with Crippen LogP contribution in [0.15, 0.2) is 28.9 Å². The topological polar surface area (TPSA) is 94.8 Å². The number of hydrogen-bond acceptors (Lipinski definition) is 7. The summed E-state index contributed by atoms with van der Waals surface area (Å²) in [5.41, 5.74) is 1.36. The van der Waals surface area contributed by atoms with Gasteiger partial charge in [-0.25, -0.2) is 4.79 Å². The van der Waals surface area contributed by atoms with Crippen LogP contribution in [0.1, 0.15) is 47.8 Å². The molecule has 1 aromatic rings. The highest BCUT2D eigenvalue weighted by Crippen LogP contribution is 2.41. The Morgan fingerprint density at radius 2 is 1.71 bits per heavy atom. The number of hydrogen-bond donors (Lipinski definition) is 2. The first kappa shape index (κ1) is 25.8. The fraction of sp³-hybridized carbons (Fsp3) is 0.714. The summed E-state index contributed by atoms with van der Waals surface area (Å²) in [5, 5.41) is 9.11. The van der Waals surface area contributed by atoms with Crippen LogP contribution in [-0.4, -0.2) is 44.1 Å². The fourth-order valence-corrected chi connectivity index (χ4v) is 4.72. The maximum absolute atomic E-state index is 12.6. The summed E-state index contributed by atoms with van der Waals surface area (Å²) in [6.07, 6.45) is 2.36. The van der Waals surface area contributed by atoms with Gasteiger partial charge in [-0.1, -0.05) is 41.5 Å². The zero-order valence-electron chi connectivity index (χ0n) is 20.6. The SMILES string of the molecule is CC(C)(C)[Si](C)(C)OCC1=C[C@@H](O[Si](C)(C)C(C)(C)C)[C@H](n2ccc(NO)nc2=O)O1. The average Bonchev–Trinajstić information content (AvgIpc) is 2.99. The average molecular weight is 470 g/mol. The molecule has 0 aromatic carbocycles. The number of ether oxygens (including phenoxy) is 1. The van der Waals surface area contributed by atoms with E-state index < -0.39 is 34.7 Å². The van der Waals surface area contributed by atoms with Gasteiger partial charge in [-0.05, 0) is 48.4 Å². The first-order valence-corrected chi connectivity index (χ1v) is 16.5. The lowest BCUT2D eigenvalue weighted by atomic mass is 10.2. The van der Waals surface area contributed by atoms with E-state index in [-0.39, 0.29) is 15.9 Å². The van der Waals surface area contributed by atoms with Crippen LogP contribution in [0.3, 0.4) is 0 Å². The summed E-state index contributed by atoms with van der Waals surface area (Å²) < 4.78 is 20.5. The number of nitrogens with one attached hydrogen (secondary N) is 1. The molecule has 2 rings (SSSR count). The first-order chi connectivity index (χ1) is 14.0. The summed E-state index contributed by atoms with van der Waals surface area (Å²) in [6, 6.07) is 1.51. The first-order valence-electron chi connectivity index (χ1n) is 10.7. The molecule has 0 saturated heterocycles. The lowest BCUT2D eigenvalue weighted by Crippen LogP contribution is -2.46. The highest BCUT2D eigenvalue weighted by Gasteiger charge is 2.44. The second kappa shape index (κ2) is 8.82. The van der Waals surface area contributed by atoms with Crippen molar-refractivity contribution >= 4 is 22.5 Å². The van der Waals surface area contributed by atoms with Gasteiger partial charge in [0, 0.05) is 6.20 Å². The molecule has 8 nitrogen and oxygen atoms in total. The molecule has 0 bridgehead atoms. The molecule has 1 aliphatic heterocycles. The van der Waals surface area contributed by atoms with Crippen LogP contribution in [0.4, 0.5) is 5.82 Å². The molecule has 31 heavy (non-hydrogen) atoms. The Balaban J connectivity index is 2.33. The zero-order valence-corrected chi connectivity index (χ0v) is 22.6. The molecule has 0 amide bonds. The predicted molar refractivity (Wildman–Crippen MR) is 127 cm³/mol. The van der Waals surface area contributed by atoms with Gasteiger partial charge < -0.3 is 13.6 Å². The second-order valence-corrected chi connectivity index (χ2v) is 20.7. The molecule has 0 fully saturated rings. The van der Waals surface area contributed by atoms with Crippen LogP contribution >= 0.6 is 0 Å². The minimum absolute atomic E-state index is 0.000337. The lowest BCUT2D eigenvalue weighted by molar-refractivity contribution is -0.00474. The summed E-state index contributed by atoms with van der Waals surface area (Å²) >= 11 is 0. The van der Waals surface area contributed by atoms with Crippen molar-refractivity contribution < 1.29 is 18.8 Å². The van der Waals surface area contributed by atoms with Crippen molar-refractivity contribution in [1.82, 2.24) is 9.55 Å². The molecule has 0 saturated carbocycles. The van der Waals surface area contributed by atoms with E-state index in [0.717, 1.165) is 0 Å². The lowest BCUT2D eigenvalue weighted by Gasteiger charge is -2.39. The Kier molecular flexibility index (Phi) is 7.34. The van der Waals surface area contributed by atoms with E-state index in [1.165, 1.54) is 10.6 Å². The van der Waals surface area contributed by atoms with Crippen molar-refractivity contribution in [2.24, 2.45) is 0 Å². The van der Waals surface area contributed by atoms with E-state index in [2.05, 4.69) is 72.7 Å². The molecule has 1 aliphatic rings. The van der Waals surface area contributed by atoms with E-state index in [4.69, 9.17) is 18.8 Å². The van der Waals surface area contributed by atoms with Crippen molar-refractivity contribution in [1.29, 1.82) is 0 Å². The maximum atomic E-state index is 12.6. The van der Waals surface area contributed by atoms with Gasteiger partial charge in [0.2, 0.25) is 6.23 Å². The fourth-order valence-electron chi connectivity index (χ4n) is 2.57. The number of anilines is 1. The van der Waals surface area contributed by atoms with Crippen molar-refractivity contribution in [3.05, 3.63) is 34.6 Å². The Morgan fingerprint density at radius 1 is 1.13 bits per heavy atom. The summed E-state index contributed by atoms with van der Waals surface area (Å²) in [5.74, 6) is 0.741. The normalized spacial score (nSPS) is 20.4. The molecule has 0 spiro atoms. The maximum Gasteiger partial charge on any atom is 0.352 e. The van der Waals surface area contributed by atoms with E-state index in [1.54, 1.807) is 6.20 Å². The Bertz CT molecular complexity index is 869. The van der Waals surface area contributed by atoms with Gasteiger partial charge in [0.25, 0.3) is 0 Å². The third-order valence-corrected chi connectivity index (χ3v) is 15.7. The molecule has 2 N–H and O–H groups in total. The molecule has 176 valence electrons. The van der Waals surface area contributed by atoms with Gasteiger partial charge in [0.05, 0.1) is 6.61 Å². The van der Waals surface area contributed by atoms with Gasteiger partial charge in [-0.3, -0.25) is 15.3 Å². The molecule has 0 unspecified atom stereocenters. The third kappa shape index (κ3) is 5.86. The van der Waals surface area contributed by atoms with Gasteiger partial charge >= 0.3 is 5.69 Å².